The van der Waals surface area contributed by atoms with Crippen LogP contribution in [0.25, 0.3) is 88.0 Å². The molecule has 0 saturated carbocycles. The average molecular weight is 816 g/mol. The second kappa shape index (κ2) is 15.1. The van der Waals surface area contributed by atoms with E-state index >= 15 is 0 Å². The molecule has 0 N–H and O–H groups in total. The lowest BCUT2D eigenvalue weighted by molar-refractivity contribution is 0.660. The van der Waals surface area contributed by atoms with Crippen LogP contribution in [0.1, 0.15) is 25.0 Å². The van der Waals surface area contributed by atoms with Crippen LogP contribution in [0.3, 0.4) is 0 Å². The lowest BCUT2D eigenvalue weighted by atomic mass is 9.81. The van der Waals surface area contributed by atoms with Crippen molar-refractivity contribution in [2.45, 2.75) is 19.3 Å². The maximum atomic E-state index is 2.46. The lowest BCUT2D eigenvalue weighted by Crippen LogP contribution is -2.16. The van der Waals surface area contributed by atoms with Crippen molar-refractivity contribution < 1.29 is 0 Å². The fraction of sp³-hybridized carbons (Fsp3) is 0.0476. The van der Waals surface area contributed by atoms with Crippen molar-refractivity contribution >= 4 is 49.4 Å². The van der Waals surface area contributed by atoms with Gasteiger partial charge in [0.25, 0.3) is 0 Å². The Labute approximate surface area is 375 Å². The van der Waals surface area contributed by atoms with E-state index < -0.39 is 0 Å². The van der Waals surface area contributed by atoms with E-state index in [0.717, 1.165) is 17.1 Å². The SMILES string of the molecule is CC1(C)c2ccccc2-c2ccc(N(c3ccc(-c4ccccc4)cc3)c3ccc4c(c3)c3ccccc3c3c(-c5ccccc5)cc(-c5ccccc5)c(-c5ccccc5)c43)cc21. The molecule has 0 bridgehead atoms. The molecule has 64 heavy (non-hydrogen) atoms. The van der Waals surface area contributed by atoms with Crippen molar-refractivity contribution in [2.24, 2.45) is 0 Å². The normalized spacial score (nSPS) is 12.7. The first-order valence-electron chi connectivity index (χ1n) is 22.3. The highest BCUT2D eigenvalue weighted by Gasteiger charge is 2.36. The monoisotopic (exact) mass is 815 g/mol. The fourth-order valence-electron chi connectivity index (χ4n) is 10.6. The Balaban J connectivity index is 1.16. The van der Waals surface area contributed by atoms with Crippen LogP contribution in [0, 0.1) is 0 Å². The van der Waals surface area contributed by atoms with Crippen LogP contribution in [0.5, 0.6) is 0 Å². The molecule has 11 aromatic carbocycles. The highest BCUT2D eigenvalue weighted by Crippen LogP contribution is 2.53. The molecular weight excluding hydrogens is 771 g/mol. The molecule has 1 nitrogen and oxygen atoms in total. The Morgan fingerprint density at radius 1 is 0.281 bits per heavy atom. The van der Waals surface area contributed by atoms with Crippen LogP contribution in [-0.2, 0) is 5.41 Å². The summed E-state index contributed by atoms with van der Waals surface area (Å²) < 4.78 is 0. The predicted molar refractivity (Wildman–Crippen MR) is 273 cm³/mol. The molecule has 0 amide bonds. The molecule has 1 aliphatic carbocycles. The van der Waals surface area contributed by atoms with E-state index in [2.05, 4.69) is 255 Å². The number of benzene rings is 11. The molecule has 0 heterocycles. The van der Waals surface area contributed by atoms with E-state index in [1.54, 1.807) is 0 Å². The molecule has 1 heteroatoms. The molecule has 302 valence electrons. The van der Waals surface area contributed by atoms with Gasteiger partial charge in [-0.1, -0.05) is 208 Å². The summed E-state index contributed by atoms with van der Waals surface area (Å²) in [6.07, 6.45) is 0. The maximum Gasteiger partial charge on any atom is 0.0468 e. The molecular formula is C63H45N. The molecule has 0 radical (unpaired) electrons. The molecule has 0 fully saturated rings. The van der Waals surface area contributed by atoms with Crippen LogP contribution in [-0.4, -0.2) is 0 Å². The quantitative estimate of drug-likeness (QED) is 0.145. The van der Waals surface area contributed by atoms with Gasteiger partial charge in [-0.2, -0.15) is 0 Å². The lowest BCUT2D eigenvalue weighted by Gasteiger charge is -2.29. The smallest absolute Gasteiger partial charge is 0.0468 e. The topological polar surface area (TPSA) is 3.24 Å². The number of hydrogen-bond donors (Lipinski definition) is 0. The number of hydrogen-bond acceptors (Lipinski definition) is 1. The van der Waals surface area contributed by atoms with Gasteiger partial charge in [0.15, 0.2) is 0 Å². The van der Waals surface area contributed by atoms with Crippen molar-refractivity contribution in [3.63, 3.8) is 0 Å². The van der Waals surface area contributed by atoms with E-state index in [0.29, 0.717) is 0 Å². The minimum absolute atomic E-state index is 0.135. The van der Waals surface area contributed by atoms with Gasteiger partial charge < -0.3 is 4.90 Å². The largest absolute Gasteiger partial charge is 0.310 e. The zero-order chi connectivity index (χ0) is 42.8. The van der Waals surface area contributed by atoms with Crippen molar-refractivity contribution in [3.05, 3.63) is 248 Å². The summed E-state index contributed by atoms with van der Waals surface area (Å²) >= 11 is 0. The first-order valence-corrected chi connectivity index (χ1v) is 22.3. The van der Waals surface area contributed by atoms with Crippen molar-refractivity contribution in [1.29, 1.82) is 0 Å². The molecule has 12 rings (SSSR count). The Kier molecular flexibility index (Phi) is 8.91. The molecule has 0 aromatic heterocycles. The fourth-order valence-corrected chi connectivity index (χ4v) is 10.6. The minimum Gasteiger partial charge on any atom is -0.310 e. The van der Waals surface area contributed by atoms with Gasteiger partial charge in [-0.15, -0.1) is 0 Å². The van der Waals surface area contributed by atoms with Crippen molar-refractivity contribution in [3.8, 4) is 55.6 Å². The average Bonchev–Trinajstić information content (AvgIpc) is 3.59. The summed E-state index contributed by atoms with van der Waals surface area (Å²) in [5, 5.41) is 7.48. The first kappa shape index (κ1) is 37.7. The van der Waals surface area contributed by atoms with E-state index in [-0.39, 0.29) is 5.41 Å². The second-order valence-electron chi connectivity index (χ2n) is 17.6. The zero-order valence-corrected chi connectivity index (χ0v) is 36.0. The molecule has 11 aromatic rings. The molecule has 0 saturated heterocycles. The third kappa shape index (κ3) is 6.08. The summed E-state index contributed by atoms with van der Waals surface area (Å²) in [6, 6.07) is 87.3. The number of nitrogens with zero attached hydrogens (tertiary/aromatic N) is 1. The third-order valence-corrected chi connectivity index (χ3v) is 13.6. The number of anilines is 3. The standard InChI is InChI=1S/C63H45N/c1-63(2)58-30-18-17-28-51(58)52-37-35-49(40-59(52)63)64(47-33-31-43(32-34-47)42-19-7-3-8-20-42)48-36-38-54-57(39-48)50-27-15-16-29-53(50)61-56(45-23-11-5-12-24-45)41-55(44-21-9-4-10-22-44)60(62(54)61)46-25-13-6-14-26-46/h3-41H,1-2H3. The van der Waals surface area contributed by atoms with E-state index in [9.17, 15) is 0 Å². The van der Waals surface area contributed by atoms with E-state index in [1.165, 1.54) is 99.1 Å². The van der Waals surface area contributed by atoms with Gasteiger partial charge in [-0.3, -0.25) is 0 Å². The molecule has 0 aliphatic heterocycles. The summed E-state index contributed by atoms with van der Waals surface area (Å²) in [6.45, 7) is 4.73. The van der Waals surface area contributed by atoms with Crippen LogP contribution >= 0.6 is 0 Å². The Bertz CT molecular complexity index is 3540. The van der Waals surface area contributed by atoms with Crippen LogP contribution < -0.4 is 4.90 Å². The van der Waals surface area contributed by atoms with Gasteiger partial charge in [0, 0.05) is 22.5 Å². The van der Waals surface area contributed by atoms with Crippen LogP contribution in [0.15, 0.2) is 237 Å². The van der Waals surface area contributed by atoms with Gasteiger partial charge in [0.05, 0.1) is 0 Å². The van der Waals surface area contributed by atoms with Crippen molar-refractivity contribution in [1.82, 2.24) is 0 Å². The Morgan fingerprint density at radius 3 is 1.45 bits per heavy atom. The summed E-state index contributed by atoms with van der Waals surface area (Å²) in [4.78, 5) is 2.46. The molecule has 0 unspecified atom stereocenters. The first-order chi connectivity index (χ1) is 31.5. The summed E-state index contributed by atoms with van der Waals surface area (Å²) in [7, 11) is 0. The summed E-state index contributed by atoms with van der Waals surface area (Å²) in [5.74, 6) is 0. The second-order valence-corrected chi connectivity index (χ2v) is 17.6. The number of fused-ring (bicyclic) bond motifs is 9. The highest BCUT2D eigenvalue weighted by molar-refractivity contribution is 6.33. The van der Waals surface area contributed by atoms with Gasteiger partial charge in [-0.05, 0) is 142 Å². The predicted octanol–water partition coefficient (Wildman–Crippen LogP) is 17.6. The van der Waals surface area contributed by atoms with Gasteiger partial charge in [0.1, 0.15) is 0 Å². The van der Waals surface area contributed by atoms with Crippen LogP contribution in [0.4, 0.5) is 17.1 Å². The zero-order valence-electron chi connectivity index (χ0n) is 36.0. The molecule has 0 spiro atoms. The van der Waals surface area contributed by atoms with E-state index in [4.69, 9.17) is 0 Å². The highest BCUT2D eigenvalue weighted by atomic mass is 15.1. The maximum absolute atomic E-state index is 2.46. The minimum atomic E-state index is -0.135. The van der Waals surface area contributed by atoms with Gasteiger partial charge >= 0.3 is 0 Å². The Hall–Kier alpha value is -8.00. The number of rotatable bonds is 7. The Morgan fingerprint density at radius 2 is 0.766 bits per heavy atom. The van der Waals surface area contributed by atoms with Gasteiger partial charge in [-0.25, -0.2) is 0 Å². The third-order valence-electron chi connectivity index (χ3n) is 13.6. The van der Waals surface area contributed by atoms with Gasteiger partial charge in [0.2, 0.25) is 0 Å². The molecule has 0 atom stereocenters. The molecule has 1 aliphatic rings. The van der Waals surface area contributed by atoms with Crippen LogP contribution in [0.2, 0.25) is 0 Å². The van der Waals surface area contributed by atoms with Crippen molar-refractivity contribution in [2.75, 3.05) is 4.90 Å². The van der Waals surface area contributed by atoms with E-state index in [1.807, 2.05) is 0 Å². The summed E-state index contributed by atoms with van der Waals surface area (Å²) in [5.41, 5.74) is 18.3.